The van der Waals surface area contributed by atoms with Gasteiger partial charge in [-0.1, -0.05) is 0 Å². The van der Waals surface area contributed by atoms with Crippen molar-refractivity contribution in [2.24, 2.45) is 0 Å². The molecule has 3 nitrogen and oxygen atoms in total. The molecule has 2 rings (SSSR count). The van der Waals surface area contributed by atoms with E-state index in [0.29, 0.717) is 0 Å². The summed E-state index contributed by atoms with van der Waals surface area (Å²) in [5.74, 6) is 0.779. The first-order valence-corrected chi connectivity index (χ1v) is 4.58. The predicted octanol–water partition coefficient (Wildman–Crippen LogP) is 0.980. The smallest absolute Gasteiger partial charge is 0.0655 e. The molecule has 1 N–H and O–H groups in total. The van der Waals surface area contributed by atoms with E-state index in [2.05, 4.69) is 22.7 Å². The third kappa shape index (κ3) is 1.67. The molecule has 0 spiro atoms. The minimum atomic E-state index is 0.779. The lowest BCUT2D eigenvalue weighted by atomic mass is 10.3. The zero-order chi connectivity index (χ0) is 8.39. The van der Waals surface area contributed by atoms with Crippen LogP contribution >= 0.6 is 0 Å². The van der Waals surface area contributed by atoms with Gasteiger partial charge >= 0.3 is 0 Å². The Morgan fingerprint density at radius 2 is 2.50 bits per heavy atom. The molecular weight excluding hydrogens is 150 g/mol. The molecule has 0 unspecified atom stereocenters. The van der Waals surface area contributed by atoms with Gasteiger partial charge in [-0.15, -0.1) is 0 Å². The largest absolute Gasteiger partial charge is 0.318 e. The fraction of sp³-hybridized carbons (Fsp3) is 0.667. The standard InChI is InChI=1S/C9H15N3/c1-10-5-7-12-6-4-9(11-12)8-2-3-8/h4,6,8,10H,2-3,5,7H2,1H3. The van der Waals surface area contributed by atoms with Crippen LogP contribution in [0.15, 0.2) is 12.3 Å². The van der Waals surface area contributed by atoms with Gasteiger partial charge in [0, 0.05) is 18.7 Å². The van der Waals surface area contributed by atoms with Gasteiger partial charge in [0.15, 0.2) is 0 Å². The molecule has 1 saturated carbocycles. The Labute approximate surface area is 72.8 Å². The number of hydrogen-bond donors (Lipinski definition) is 1. The Bertz CT molecular complexity index is 250. The Hall–Kier alpha value is -0.830. The molecule has 1 heterocycles. The summed E-state index contributed by atoms with van der Waals surface area (Å²) >= 11 is 0. The number of aromatic nitrogens is 2. The van der Waals surface area contributed by atoms with Gasteiger partial charge in [-0.25, -0.2) is 0 Å². The maximum absolute atomic E-state index is 4.49. The van der Waals surface area contributed by atoms with Crippen molar-refractivity contribution in [3.8, 4) is 0 Å². The monoisotopic (exact) mass is 165 g/mol. The van der Waals surface area contributed by atoms with Gasteiger partial charge in [0.05, 0.1) is 12.2 Å². The first-order valence-electron chi connectivity index (χ1n) is 4.58. The maximum atomic E-state index is 4.49. The minimum Gasteiger partial charge on any atom is -0.318 e. The Morgan fingerprint density at radius 3 is 3.17 bits per heavy atom. The molecule has 0 atom stereocenters. The highest BCUT2D eigenvalue weighted by molar-refractivity contribution is 5.12. The third-order valence-electron chi connectivity index (χ3n) is 2.25. The highest BCUT2D eigenvalue weighted by Crippen LogP contribution is 2.38. The Kier molecular flexibility index (Phi) is 2.13. The van der Waals surface area contributed by atoms with Crippen LogP contribution in [-0.2, 0) is 6.54 Å². The average molecular weight is 165 g/mol. The summed E-state index contributed by atoms with van der Waals surface area (Å²) in [5, 5.41) is 7.60. The van der Waals surface area contributed by atoms with Crippen LogP contribution < -0.4 is 5.32 Å². The summed E-state index contributed by atoms with van der Waals surface area (Å²) < 4.78 is 2.02. The van der Waals surface area contributed by atoms with Crippen molar-refractivity contribution in [3.63, 3.8) is 0 Å². The van der Waals surface area contributed by atoms with Crippen molar-refractivity contribution >= 4 is 0 Å². The Balaban J connectivity index is 1.93. The van der Waals surface area contributed by atoms with E-state index in [9.17, 15) is 0 Å². The van der Waals surface area contributed by atoms with Crippen molar-refractivity contribution in [3.05, 3.63) is 18.0 Å². The molecule has 12 heavy (non-hydrogen) atoms. The van der Waals surface area contributed by atoms with Crippen LogP contribution in [0.3, 0.4) is 0 Å². The van der Waals surface area contributed by atoms with Crippen molar-refractivity contribution in [2.45, 2.75) is 25.3 Å². The van der Waals surface area contributed by atoms with Crippen LogP contribution in [-0.4, -0.2) is 23.4 Å². The lowest BCUT2D eigenvalue weighted by molar-refractivity contribution is 0.578. The molecule has 0 aliphatic heterocycles. The van der Waals surface area contributed by atoms with Gasteiger partial charge in [-0.3, -0.25) is 4.68 Å². The molecule has 0 amide bonds. The van der Waals surface area contributed by atoms with Crippen molar-refractivity contribution in [2.75, 3.05) is 13.6 Å². The number of likely N-dealkylation sites (N-methyl/N-ethyl adjacent to an activating group) is 1. The predicted molar refractivity (Wildman–Crippen MR) is 48.1 cm³/mol. The number of rotatable bonds is 4. The van der Waals surface area contributed by atoms with Crippen LogP contribution in [0.1, 0.15) is 24.5 Å². The van der Waals surface area contributed by atoms with E-state index in [1.54, 1.807) is 0 Å². The molecule has 0 aromatic carbocycles. The van der Waals surface area contributed by atoms with E-state index in [4.69, 9.17) is 0 Å². The second kappa shape index (κ2) is 3.27. The Morgan fingerprint density at radius 1 is 1.67 bits per heavy atom. The highest BCUT2D eigenvalue weighted by atomic mass is 15.3. The fourth-order valence-electron chi connectivity index (χ4n) is 1.33. The van der Waals surface area contributed by atoms with Crippen LogP contribution in [0, 0.1) is 0 Å². The molecule has 0 radical (unpaired) electrons. The van der Waals surface area contributed by atoms with E-state index >= 15 is 0 Å². The summed E-state index contributed by atoms with van der Waals surface area (Å²) in [5.41, 5.74) is 1.28. The molecule has 66 valence electrons. The van der Waals surface area contributed by atoms with Crippen LogP contribution in [0.4, 0.5) is 0 Å². The summed E-state index contributed by atoms with van der Waals surface area (Å²) in [6.45, 7) is 1.97. The lowest BCUT2D eigenvalue weighted by Gasteiger charge is -1.98. The van der Waals surface area contributed by atoms with Gasteiger partial charge in [0.1, 0.15) is 0 Å². The van der Waals surface area contributed by atoms with Gasteiger partial charge in [0.2, 0.25) is 0 Å². The third-order valence-corrected chi connectivity index (χ3v) is 2.25. The van der Waals surface area contributed by atoms with E-state index in [-0.39, 0.29) is 0 Å². The fourth-order valence-corrected chi connectivity index (χ4v) is 1.33. The molecule has 1 fully saturated rings. The normalized spacial score (nSPS) is 16.8. The molecule has 1 aliphatic rings. The minimum absolute atomic E-state index is 0.779. The lowest BCUT2D eigenvalue weighted by Crippen LogP contribution is -2.15. The quantitative estimate of drug-likeness (QED) is 0.720. The molecular formula is C9H15N3. The van der Waals surface area contributed by atoms with Gasteiger partial charge in [0.25, 0.3) is 0 Å². The first-order chi connectivity index (χ1) is 5.90. The highest BCUT2D eigenvalue weighted by Gasteiger charge is 2.25. The SMILES string of the molecule is CNCCn1ccc(C2CC2)n1. The van der Waals surface area contributed by atoms with Crippen molar-refractivity contribution < 1.29 is 0 Å². The van der Waals surface area contributed by atoms with E-state index in [1.807, 2.05) is 11.7 Å². The molecule has 0 bridgehead atoms. The molecule has 1 aromatic rings. The maximum Gasteiger partial charge on any atom is 0.0655 e. The second-order valence-corrected chi connectivity index (χ2v) is 3.38. The number of nitrogens with one attached hydrogen (secondary N) is 1. The summed E-state index contributed by atoms with van der Waals surface area (Å²) in [7, 11) is 1.96. The summed E-state index contributed by atoms with van der Waals surface area (Å²) in [4.78, 5) is 0. The number of nitrogens with zero attached hydrogens (tertiary/aromatic N) is 2. The van der Waals surface area contributed by atoms with Crippen LogP contribution in [0.2, 0.25) is 0 Å². The molecule has 3 heteroatoms. The van der Waals surface area contributed by atoms with Gasteiger partial charge in [-0.2, -0.15) is 5.10 Å². The van der Waals surface area contributed by atoms with Crippen LogP contribution in [0.5, 0.6) is 0 Å². The first kappa shape index (κ1) is 7.80. The van der Waals surface area contributed by atoms with E-state index < -0.39 is 0 Å². The summed E-state index contributed by atoms with van der Waals surface area (Å²) in [6, 6.07) is 2.15. The van der Waals surface area contributed by atoms with Crippen molar-refractivity contribution in [1.29, 1.82) is 0 Å². The van der Waals surface area contributed by atoms with E-state index in [0.717, 1.165) is 19.0 Å². The van der Waals surface area contributed by atoms with Gasteiger partial charge < -0.3 is 5.32 Å². The molecule has 0 saturated heterocycles. The molecule has 1 aliphatic carbocycles. The molecule has 1 aromatic heterocycles. The topological polar surface area (TPSA) is 29.9 Å². The van der Waals surface area contributed by atoms with E-state index in [1.165, 1.54) is 18.5 Å². The number of hydrogen-bond acceptors (Lipinski definition) is 2. The average Bonchev–Trinajstić information content (AvgIpc) is 2.83. The zero-order valence-corrected chi connectivity index (χ0v) is 7.45. The van der Waals surface area contributed by atoms with Gasteiger partial charge in [-0.05, 0) is 26.0 Å². The summed E-state index contributed by atoms with van der Waals surface area (Å²) in [6.07, 6.45) is 4.75. The van der Waals surface area contributed by atoms with Crippen molar-refractivity contribution in [1.82, 2.24) is 15.1 Å². The van der Waals surface area contributed by atoms with Crippen LogP contribution in [0.25, 0.3) is 0 Å². The zero-order valence-electron chi connectivity index (χ0n) is 7.45. The second-order valence-electron chi connectivity index (χ2n) is 3.38.